The fraction of sp³-hybridized carbons (Fsp3) is 0.389. The molecule has 7 rings (SSSR count). The van der Waals surface area contributed by atoms with E-state index in [4.69, 9.17) is 23.7 Å². The van der Waals surface area contributed by atoms with Crippen molar-refractivity contribution in [3.63, 3.8) is 0 Å². The number of methoxy groups -OCH3 is 1. The van der Waals surface area contributed by atoms with E-state index in [0.717, 1.165) is 22.3 Å². The van der Waals surface area contributed by atoms with E-state index < -0.39 is 30.3 Å². The Balaban J connectivity index is 1.37. The average molecular weight is 643 g/mol. The summed E-state index contributed by atoms with van der Waals surface area (Å²) in [5.74, 6) is 0.710. The largest absolute Gasteiger partial charge is 0.504 e. The lowest BCUT2D eigenvalue weighted by atomic mass is 9.73. The first-order valence-corrected chi connectivity index (χ1v) is 15.7. The number of piperazine rings is 1. The highest BCUT2D eigenvalue weighted by Crippen LogP contribution is 2.58. The number of aliphatic hydroxyl groups is 1. The first kappa shape index (κ1) is 31.0. The topological polar surface area (TPSA) is 127 Å². The third kappa shape index (κ3) is 5.00. The van der Waals surface area contributed by atoms with Gasteiger partial charge in [0.05, 0.1) is 25.2 Å². The maximum Gasteiger partial charge on any atom is 0.330 e. The molecule has 1 fully saturated rings. The number of ether oxygens (including phenoxy) is 5. The predicted octanol–water partition coefficient (Wildman–Crippen LogP) is 4.13. The molecule has 0 aromatic heterocycles. The van der Waals surface area contributed by atoms with Crippen molar-refractivity contribution >= 4 is 18.0 Å². The minimum Gasteiger partial charge on any atom is -0.504 e. The number of nitrogens with zero attached hydrogens (tertiary/aromatic N) is 2. The number of carbonyl (C=O) groups excluding carboxylic acids is 2. The van der Waals surface area contributed by atoms with Crippen molar-refractivity contribution in [2.75, 3.05) is 27.6 Å². The molecule has 4 aliphatic rings. The first-order chi connectivity index (χ1) is 22.6. The van der Waals surface area contributed by atoms with Gasteiger partial charge in [-0.1, -0.05) is 36.4 Å². The van der Waals surface area contributed by atoms with Crippen molar-refractivity contribution in [2.24, 2.45) is 0 Å². The fourth-order valence-electron chi connectivity index (χ4n) is 8.02. The van der Waals surface area contributed by atoms with Crippen LogP contribution in [0.15, 0.2) is 42.5 Å². The van der Waals surface area contributed by atoms with E-state index in [1.54, 1.807) is 6.08 Å². The molecule has 246 valence electrons. The van der Waals surface area contributed by atoms with Gasteiger partial charge in [-0.05, 0) is 56.5 Å². The maximum absolute atomic E-state index is 13.1. The molecule has 4 aliphatic heterocycles. The number of hydrogen-bond acceptors (Lipinski definition) is 11. The van der Waals surface area contributed by atoms with Crippen LogP contribution in [0.3, 0.4) is 0 Å². The van der Waals surface area contributed by atoms with Crippen LogP contribution in [0.5, 0.6) is 28.7 Å². The summed E-state index contributed by atoms with van der Waals surface area (Å²) in [6, 6.07) is 9.59. The second-order valence-electron chi connectivity index (χ2n) is 12.6. The summed E-state index contributed by atoms with van der Waals surface area (Å²) in [5.41, 5.74) is 5.29. The Kier molecular flexibility index (Phi) is 7.86. The van der Waals surface area contributed by atoms with E-state index in [0.29, 0.717) is 52.5 Å². The summed E-state index contributed by atoms with van der Waals surface area (Å²) in [6.45, 7) is 4.89. The number of carbonyl (C=O) groups is 2. The zero-order valence-corrected chi connectivity index (χ0v) is 27.0. The molecule has 11 heteroatoms. The normalized spacial score (nSPS) is 24.3. The Labute approximate surface area is 272 Å². The smallest absolute Gasteiger partial charge is 0.330 e. The van der Waals surface area contributed by atoms with Gasteiger partial charge in [-0.2, -0.15) is 0 Å². The number of phenols is 1. The van der Waals surface area contributed by atoms with Gasteiger partial charge in [0.1, 0.15) is 18.6 Å². The highest BCUT2D eigenvalue weighted by atomic mass is 16.7. The van der Waals surface area contributed by atoms with Crippen LogP contribution in [0.1, 0.15) is 58.0 Å². The predicted molar refractivity (Wildman–Crippen MR) is 171 cm³/mol. The lowest BCUT2D eigenvalue weighted by Crippen LogP contribution is -2.68. The molecule has 3 aromatic carbocycles. The summed E-state index contributed by atoms with van der Waals surface area (Å²) in [5, 5.41) is 23.8. The molecule has 11 nitrogen and oxygen atoms in total. The van der Waals surface area contributed by atoms with Gasteiger partial charge in [0.2, 0.25) is 6.79 Å². The van der Waals surface area contributed by atoms with Gasteiger partial charge in [-0.25, -0.2) is 4.79 Å². The van der Waals surface area contributed by atoms with Gasteiger partial charge in [-0.3, -0.25) is 14.6 Å². The minimum absolute atomic E-state index is 0.0289. The number of aryl methyl sites for hydroxylation is 1. The number of fused-ring (bicyclic) bond motifs is 9. The Morgan fingerprint density at radius 1 is 1.04 bits per heavy atom. The van der Waals surface area contributed by atoms with Crippen LogP contribution in [-0.4, -0.2) is 77.8 Å². The van der Waals surface area contributed by atoms with E-state index in [1.165, 1.54) is 20.1 Å². The molecule has 5 atom stereocenters. The van der Waals surface area contributed by atoms with Gasteiger partial charge >= 0.3 is 11.9 Å². The highest BCUT2D eigenvalue weighted by Gasteiger charge is 2.56. The third-order valence-electron chi connectivity index (χ3n) is 9.94. The van der Waals surface area contributed by atoms with Crippen molar-refractivity contribution in [1.29, 1.82) is 0 Å². The van der Waals surface area contributed by atoms with Crippen LogP contribution in [0.4, 0.5) is 0 Å². The summed E-state index contributed by atoms with van der Waals surface area (Å²) in [6.07, 6.45) is 2.89. The van der Waals surface area contributed by atoms with E-state index in [9.17, 15) is 19.8 Å². The molecule has 2 N–H and O–H groups in total. The molecule has 0 radical (unpaired) electrons. The minimum atomic E-state index is -0.980. The van der Waals surface area contributed by atoms with Gasteiger partial charge in [0.15, 0.2) is 23.0 Å². The Hall–Kier alpha value is -4.58. The van der Waals surface area contributed by atoms with Gasteiger partial charge in [0, 0.05) is 41.3 Å². The summed E-state index contributed by atoms with van der Waals surface area (Å²) < 4.78 is 29.3. The zero-order chi connectivity index (χ0) is 33.1. The summed E-state index contributed by atoms with van der Waals surface area (Å²) in [7, 11) is 3.48. The van der Waals surface area contributed by atoms with Crippen LogP contribution in [0.2, 0.25) is 0 Å². The number of esters is 2. The fourth-order valence-corrected chi connectivity index (χ4v) is 8.02. The highest BCUT2D eigenvalue weighted by molar-refractivity contribution is 5.87. The second-order valence-corrected chi connectivity index (χ2v) is 12.6. The quantitative estimate of drug-likeness (QED) is 0.229. The molecular weight excluding hydrogens is 604 g/mol. The van der Waals surface area contributed by atoms with Gasteiger partial charge < -0.3 is 33.9 Å². The molecule has 0 saturated carbocycles. The number of likely N-dealkylation sites (N-methyl/N-ethyl adjacent to an activating group) is 1. The van der Waals surface area contributed by atoms with E-state index in [1.807, 2.05) is 62.2 Å². The number of hydrogen-bond donors (Lipinski definition) is 2. The van der Waals surface area contributed by atoms with Crippen LogP contribution in [0.25, 0.3) is 6.08 Å². The van der Waals surface area contributed by atoms with Crippen molar-refractivity contribution in [2.45, 2.75) is 64.0 Å². The van der Waals surface area contributed by atoms with Gasteiger partial charge in [-0.15, -0.1) is 0 Å². The number of phenolic OH excluding ortho intramolecular Hbond substituents is 1. The molecule has 47 heavy (non-hydrogen) atoms. The lowest BCUT2D eigenvalue weighted by molar-refractivity contribution is -0.182. The van der Waals surface area contributed by atoms with Crippen LogP contribution in [0, 0.1) is 13.8 Å². The van der Waals surface area contributed by atoms with E-state index in [2.05, 4.69) is 4.90 Å². The molecule has 2 bridgehead atoms. The molecule has 3 unspecified atom stereocenters. The molecular formula is C36H38N2O9. The van der Waals surface area contributed by atoms with Crippen molar-refractivity contribution in [1.82, 2.24) is 9.80 Å². The number of rotatable bonds is 6. The van der Waals surface area contributed by atoms with Crippen molar-refractivity contribution in [3.8, 4) is 28.7 Å². The Morgan fingerprint density at radius 2 is 1.79 bits per heavy atom. The average Bonchev–Trinajstić information content (AvgIpc) is 3.54. The van der Waals surface area contributed by atoms with Crippen LogP contribution in [-0.2, 0) is 27.2 Å². The van der Waals surface area contributed by atoms with E-state index >= 15 is 0 Å². The van der Waals surface area contributed by atoms with Crippen molar-refractivity contribution in [3.05, 3.63) is 81.4 Å². The van der Waals surface area contributed by atoms with E-state index in [-0.39, 0.29) is 31.2 Å². The maximum atomic E-state index is 13.1. The first-order valence-electron chi connectivity index (χ1n) is 15.7. The monoisotopic (exact) mass is 642 g/mol. The number of benzene rings is 3. The van der Waals surface area contributed by atoms with Gasteiger partial charge in [0.25, 0.3) is 0 Å². The summed E-state index contributed by atoms with van der Waals surface area (Å²) in [4.78, 5) is 29.6. The summed E-state index contributed by atoms with van der Waals surface area (Å²) >= 11 is 0. The standard InChI is InChI=1S/C36H38N2O9/c1-18-13-22-14-25-36(42)38-24(30(37(25)4)28(22)31(41)32(18)43-5)15-23-29(35-34(45-17-46-35)19(2)33(23)47-20(3)39)26(38)16-44-27(40)12-11-21-9-7-6-8-10-21/h6-13,24-26,30,36,41-42H,14-17H2,1-5H3/b12-11+/t24?,25?,26-,30?,36-/m0/s1. The molecule has 1 saturated heterocycles. The second kappa shape index (κ2) is 11.9. The Bertz CT molecular complexity index is 1790. The van der Waals surface area contributed by atoms with Crippen molar-refractivity contribution < 1.29 is 43.5 Å². The third-order valence-corrected chi connectivity index (χ3v) is 9.94. The SMILES string of the molecule is COc1c(C)cc2c(c1O)C1C3Cc4c(OC(C)=O)c(C)c5c(c4[C@H](COC(=O)/C=C/c4ccccc4)N3[C@@H](O)C(C2)N1C)OCO5. The number of aromatic hydroxyl groups is 1. The molecule has 0 amide bonds. The lowest BCUT2D eigenvalue weighted by Gasteiger charge is -2.60. The van der Waals surface area contributed by atoms with Crippen LogP contribution >= 0.6 is 0 Å². The van der Waals surface area contributed by atoms with Crippen LogP contribution < -0.4 is 18.9 Å². The zero-order valence-electron chi connectivity index (χ0n) is 27.0. The molecule has 0 spiro atoms. The molecule has 0 aliphatic carbocycles. The molecule has 4 heterocycles. The molecule has 3 aromatic rings. The number of aliphatic hydroxyl groups excluding tert-OH is 1. The Morgan fingerprint density at radius 3 is 2.51 bits per heavy atom.